The lowest BCUT2D eigenvalue weighted by Crippen LogP contribution is -1.96. The summed E-state index contributed by atoms with van der Waals surface area (Å²) in [7, 11) is 3.18. The van der Waals surface area contributed by atoms with E-state index in [0.717, 1.165) is 11.1 Å². The Kier molecular flexibility index (Phi) is 4.44. The smallest absolute Gasteiger partial charge is 0.160 e. The molecule has 20 heavy (non-hydrogen) atoms. The van der Waals surface area contributed by atoms with Gasteiger partial charge in [0, 0.05) is 18.8 Å². The van der Waals surface area contributed by atoms with Crippen LogP contribution in [0.15, 0.2) is 30.6 Å². The summed E-state index contributed by atoms with van der Waals surface area (Å²) in [5, 5.41) is 9.39. The predicted molar refractivity (Wildman–Crippen MR) is 76.3 cm³/mol. The molecule has 0 saturated carbocycles. The third-order valence-corrected chi connectivity index (χ3v) is 3.36. The first-order valence-corrected chi connectivity index (χ1v) is 6.30. The summed E-state index contributed by atoms with van der Waals surface area (Å²) in [6, 6.07) is 7.67. The Labute approximate surface area is 122 Å². The van der Waals surface area contributed by atoms with Gasteiger partial charge >= 0.3 is 0 Å². The highest BCUT2D eigenvalue weighted by molar-refractivity contribution is 6.32. The van der Waals surface area contributed by atoms with Crippen LogP contribution in [0.4, 0.5) is 0 Å². The molecule has 0 bridgehead atoms. The fourth-order valence-corrected chi connectivity index (χ4v) is 2.11. The molecule has 0 spiro atoms. The number of hydrogen-bond acceptors (Lipinski definition) is 4. The van der Waals surface area contributed by atoms with Crippen molar-refractivity contribution >= 4 is 11.6 Å². The average Bonchev–Trinajstić information content (AvgIpc) is 2.49. The van der Waals surface area contributed by atoms with Gasteiger partial charge in [0.1, 0.15) is 6.07 Å². The molecule has 5 heteroatoms. The van der Waals surface area contributed by atoms with Crippen LogP contribution in [-0.4, -0.2) is 19.2 Å². The first kappa shape index (κ1) is 14.2. The van der Waals surface area contributed by atoms with E-state index in [4.69, 9.17) is 26.3 Å². The van der Waals surface area contributed by atoms with E-state index in [1.807, 2.05) is 24.3 Å². The normalized spacial score (nSPS) is 9.90. The second-order valence-corrected chi connectivity index (χ2v) is 4.52. The van der Waals surface area contributed by atoms with Crippen molar-refractivity contribution in [3.63, 3.8) is 0 Å². The van der Waals surface area contributed by atoms with Crippen LogP contribution in [0.3, 0.4) is 0 Å². The quantitative estimate of drug-likeness (QED) is 0.867. The van der Waals surface area contributed by atoms with Crippen molar-refractivity contribution in [1.29, 1.82) is 5.26 Å². The van der Waals surface area contributed by atoms with E-state index in [2.05, 4.69) is 4.98 Å². The highest BCUT2D eigenvalue weighted by Gasteiger charge is 2.09. The highest BCUT2D eigenvalue weighted by atomic mass is 35.5. The molecule has 2 aromatic rings. The summed E-state index contributed by atoms with van der Waals surface area (Å²) in [5.74, 6) is 1.33. The van der Waals surface area contributed by atoms with Gasteiger partial charge in [-0.15, -0.1) is 0 Å². The van der Waals surface area contributed by atoms with Crippen molar-refractivity contribution in [3.05, 3.63) is 52.3 Å². The van der Waals surface area contributed by atoms with E-state index in [1.165, 1.54) is 6.20 Å². The molecule has 0 aliphatic carbocycles. The van der Waals surface area contributed by atoms with Crippen LogP contribution >= 0.6 is 11.6 Å². The first-order chi connectivity index (χ1) is 9.69. The number of pyridine rings is 1. The number of methoxy groups -OCH3 is 2. The Morgan fingerprint density at radius 2 is 1.95 bits per heavy atom. The van der Waals surface area contributed by atoms with Crippen LogP contribution in [0.5, 0.6) is 11.5 Å². The van der Waals surface area contributed by atoms with Gasteiger partial charge in [-0.05, 0) is 23.3 Å². The van der Waals surface area contributed by atoms with Crippen molar-refractivity contribution in [1.82, 2.24) is 4.98 Å². The van der Waals surface area contributed by atoms with Crippen LogP contribution in [0.25, 0.3) is 0 Å². The monoisotopic (exact) mass is 288 g/mol. The molecule has 0 amide bonds. The summed E-state index contributed by atoms with van der Waals surface area (Å²) in [4.78, 5) is 4.03. The number of nitriles is 1. The van der Waals surface area contributed by atoms with Crippen molar-refractivity contribution in [2.75, 3.05) is 14.2 Å². The Balaban J connectivity index is 2.33. The molecule has 2 rings (SSSR count). The number of halogens is 1. The second kappa shape index (κ2) is 6.27. The van der Waals surface area contributed by atoms with Gasteiger partial charge in [0.2, 0.25) is 0 Å². The lowest BCUT2D eigenvalue weighted by atomic mass is 10.0. The topological polar surface area (TPSA) is 55.1 Å². The summed E-state index contributed by atoms with van der Waals surface area (Å²) < 4.78 is 10.5. The molecule has 0 radical (unpaired) electrons. The molecular weight excluding hydrogens is 276 g/mol. The molecule has 1 aromatic heterocycles. The van der Waals surface area contributed by atoms with Gasteiger partial charge < -0.3 is 9.47 Å². The number of rotatable bonds is 4. The largest absolute Gasteiger partial charge is 0.493 e. The molecule has 0 aliphatic heterocycles. The van der Waals surface area contributed by atoms with Crippen LogP contribution in [-0.2, 0) is 6.42 Å². The Hall–Kier alpha value is -2.25. The maximum Gasteiger partial charge on any atom is 0.160 e. The van der Waals surface area contributed by atoms with Gasteiger partial charge in [0.05, 0.1) is 24.8 Å². The first-order valence-electron chi connectivity index (χ1n) is 5.93. The minimum atomic E-state index is 0.379. The van der Waals surface area contributed by atoms with Gasteiger partial charge in [0.15, 0.2) is 11.5 Å². The van der Waals surface area contributed by atoms with Gasteiger partial charge in [-0.25, -0.2) is 0 Å². The molecule has 0 N–H and O–H groups in total. The van der Waals surface area contributed by atoms with E-state index in [0.29, 0.717) is 28.5 Å². The molecule has 0 fully saturated rings. The third kappa shape index (κ3) is 2.84. The minimum Gasteiger partial charge on any atom is -0.493 e. The van der Waals surface area contributed by atoms with E-state index in [1.54, 1.807) is 20.4 Å². The predicted octanol–water partition coefficient (Wildman–Crippen LogP) is 3.21. The van der Waals surface area contributed by atoms with Crippen molar-refractivity contribution in [2.45, 2.75) is 6.42 Å². The van der Waals surface area contributed by atoms with Crippen molar-refractivity contribution < 1.29 is 9.47 Å². The van der Waals surface area contributed by atoms with Crippen LogP contribution in [0.2, 0.25) is 5.02 Å². The van der Waals surface area contributed by atoms with Gasteiger partial charge in [0.25, 0.3) is 0 Å². The van der Waals surface area contributed by atoms with Gasteiger partial charge in [-0.3, -0.25) is 4.98 Å². The van der Waals surface area contributed by atoms with Crippen LogP contribution in [0.1, 0.15) is 16.7 Å². The number of benzene rings is 1. The molecule has 0 saturated heterocycles. The SMILES string of the molecule is COc1ccc(Cc2cncc(C#N)c2Cl)cc1OC. The fraction of sp³-hybridized carbons (Fsp3) is 0.200. The van der Waals surface area contributed by atoms with Crippen molar-refractivity contribution in [3.8, 4) is 17.6 Å². The second-order valence-electron chi connectivity index (χ2n) is 4.14. The standard InChI is InChI=1S/C15H13ClN2O2/c1-19-13-4-3-10(6-14(13)20-2)5-11-8-18-9-12(7-17)15(11)16/h3-4,6,8-9H,5H2,1-2H3. The molecule has 4 nitrogen and oxygen atoms in total. The lowest BCUT2D eigenvalue weighted by Gasteiger charge is -2.10. The van der Waals surface area contributed by atoms with E-state index in [9.17, 15) is 0 Å². The molecular formula is C15H13ClN2O2. The van der Waals surface area contributed by atoms with Gasteiger partial charge in [-0.2, -0.15) is 5.26 Å². The molecule has 0 unspecified atom stereocenters. The summed E-state index contributed by atoms with van der Waals surface area (Å²) >= 11 is 6.17. The van der Waals surface area contributed by atoms with Crippen LogP contribution in [0, 0.1) is 11.3 Å². The summed E-state index contributed by atoms with van der Waals surface area (Å²) in [5.41, 5.74) is 2.18. The minimum absolute atomic E-state index is 0.379. The zero-order valence-corrected chi connectivity index (χ0v) is 11.9. The zero-order chi connectivity index (χ0) is 14.5. The van der Waals surface area contributed by atoms with Gasteiger partial charge in [-0.1, -0.05) is 17.7 Å². The maximum atomic E-state index is 8.95. The Bertz CT molecular complexity index is 665. The molecule has 102 valence electrons. The molecule has 1 heterocycles. The lowest BCUT2D eigenvalue weighted by molar-refractivity contribution is 0.354. The number of hydrogen-bond donors (Lipinski definition) is 0. The number of ether oxygens (including phenoxy) is 2. The van der Waals surface area contributed by atoms with Crippen molar-refractivity contribution in [2.24, 2.45) is 0 Å². The molecule has 1 aromatic carbocycles. The third-order valence-electron chi connectivity index (χ3n) is 2.92. The fourth-order valence-electron chi connectivity index (χ4n) is 1.90. The van der Waals surface area contributed by atoms with Crippen LogP contribution < -0.4 is 9.47 Å². The average molecular weight is 289 g/mol. The van der Waals surface area contributed by atoms with E-state index < -0.39 is 0 Å². The molecule has 0 atom stereocenters. The Morgan fingerprint density at radius 1 is 1.20 bits per heavy atom. The Morgan fingerprint density at radius 3 is 2.60 bits per heavy atom. The summed E-state index contributed by atoms with van der Waals surface area (Å²) in [6.07, 6.45) is 3.70. The maximum absolute atomic E-state index is 8.95. The van der Waals surface area contributed by atoms with E-state index in [-0.39, 0.29) is 0 Å². The highest BCUT2D eigenvalue weighted by Crippen LogP contribution is 2.29. The van der Waals surface area contributed by atoms with E-state index >= 15 is 0 Å². The number of nitrogens with zero attached hydrogens (tertiary/aromatic N) is 2. The number of aromatic nitrogens is 1. The zero-order valence-electron chi connectivity index (χ0n) is 11.2. The molecule has 0 aliphatic rings. The summed E-state index contributed by atoms with van der Waals surface area (Å²) in [6.45, 7) is 0.